The van der Waals surface area contributed by atoms with E-state index in [0.717, 1.165) is 77.7 Å². The first-order valence-electron chi connectivity index (χ1n) is 19.5. The van der Waals surface area contributed by atoms with E-state index in [1.54, 1.807) is 24.5 Å². The lowest BCUT2D eigenvalue weighted by Crippen LogP contribution is -2.32. The van der Waals surface area contributed by atoms with Crippen LogP contribution < -0.4 is 22.1 Å². The number of aromatic amines is 2. The minimum Gasteiger partial charge on any atom is -0.508 e. The van der Waals surface area contributed by atoms with Crippen molar-refractivity contribution in [2.75, 3.05) is 0 Å². The summed E-state index contributed by atoms with van der Waals surface area (Å²) in [6.45, 7) is 0.664. The summed E-state index contributed by atoms with van der Waals surface area (Å²) in [5.41, 5.74) is 25.5. The van der Waals surface area contributed by atoms with Crippen LogP contribution in [0.1, 0.15) is 68.7 Å². The van der Waals surface area contributed by atoms with E-state index in [1.807, 2.05) is 73.1 Å². The molecule has 58 heavy (non-hydrogen) atoms. The predicted octanol–water partition coefficient (Wildman–Crippen LogP) is 7.23. The molecule has 0 aliphatic carbocycles. The van der Waals surface area contributed by atoms with Gasteiger partial charge in [0.05, 0.1) is 12.1 Å². The highest BCUT2D eigenvalue weighted by molar-refractivity contribution is 5.98. The number of pyridine rings is 2. The fraction of sp³-hybridized carbons (Fsp3) is 0.170. The van der Waals surface area contributed by atoms with Crippen LogP contribution in [-0.2, 0) is 30.7 Å². The van der Waals surface area contributed by atoms with Gasteiger partial charge in [0.2, 0.25) is 0 Å². The molecular formula is C47H42N8O3. The zero-order chi connectivity index (χ0) is 39.5. The van der Waals surface area contributed by atoms with Crippen LogP contribution in [0.3, 0.4) is 0 Å². The van der Waals surface area contributed by atoms with Crippen LogP contribution in [0.4, 0.5) is 0 Å². The number of Topliss-reactive ketones (excluding diaryl/α,β-unsaturated/α-hetero) is 1. The third-order valence-electron chi connectivity index (χ3n) is 11.9. The maximum Gasteiger partial charge on any atom is 0.175 e. The molecule has 4 unspecified atom stereocenters. The Morgan fingerprint density at radius 2 is 1.10 bits per heavy atom. The Bertz CT molecular complexity index is 2660. The molecule has 2 aliphatic rings. The molecule has 4 aromatic carbocycles. The number of hydrogen-bond donors (Lipinski definition) is 8. The van der Waals surface area contributed by atoms with Gasteiger partial charge in [0.15, 0.2) is 5.78 Å². The molecule has 4 aromatic heterocycles. The van der Waals surface area contributed by atoms with E-state index < -0.39 is 12.1 Å². The van der Waals surface area contributed by atoms with Crippen LogP contribution in [0, 0.1) is 0 Å². The van der Waals surface area contributed by atoms with E-state index in [-0.39, 0.29) is 29.4 Å². The molecule has 0 fully saturated rings. The molecule has 10 N–H and O–H groups in total. The largest absolute Gasteiger partial charge is 0.508 e. The molecule has 0 amide bonds. The Kier molecular flexibility index (Phi) is 8.87. The number of nitrogens with zero attached hydrogens (tertiary/aromatic N) is 2. The molecule has 2 aliphatic heterocycles. The lowest BCUT2D eigenvalue weighted by Gasteiger charge is -2.21. The number of ketones is 1. The zero-order valence-electron chi connectivity index (χ0n) is 31.5. The number of phenols is 2. The van der Waals surface area contributed by atoms with Crippen molar-refractivity contribution in [2.24, 2.45) is 11.5 Å². The lowest BCUT2D eigenvalue weighted by atomic mass is 9.87. The fourth-order valence-corrected chi connectivity index (χ4v) is 8.91. The maximum atomic E-state index is 14.9. The number of nitrogens with one attached hydrogen (secondary N) is 4. The first-order valence-corrected chi connectivity index (χ1v) is 19.5. The SMILES string of the molecule is NC(Cc1cccnc1)c1ccc2[nH]c(-c3ccc(O)c4c3C(C(=O)C3NCc5c(O)ccc(-c6cc7cc(C(N)Cc8cccnc8)ccc7[nH]6)c53)NC4)cc2c1. The summed E-state index contributed by atoms with van der Waals surface area (Å²) in [6.07, 6.45) is 8.52. The second-order valence-corrected chi connectivity index (χ2v) is 15.5. The highest BCUT2D eigenvalue weighted by atomic mass is 16.3. The Morgan fingerprint density at radius 3 is 1.53 bits per heavy atom. The molecule has 0 spiro atoms. The highest BCUT2D eigenvalue weighted by Gasteiger charge is 2.41. The summed E-state index contributed by atoms with van der Waals surface area (Å²) < 4.78 is 0. The number of phenolic OH excluding ortho intramolecular Hbond substituents is 2. The molecule has 10 rings (SSSR count). The summed E-state index contributed by atoms with van der Waals surface area (Å²) in [5, 5.41) is 31.0. The number of hydrogen-bond acceptors (Lipinski definition) is 9. The molecular weight excluding hydrogens is 725 g/mol. The third-order valence-corrected chi connectivity index (χ3v) is 11.9. The first kappa shape index (κ1) is 35.8. The van der Waals surface area contributed by atoms with E-state index in [9.17, 15) is 15.0 Å². The van der Waals surface area contributed by atoms with Gasteiger partial charge in [-0.3, -0.25) is 25.4 Å². The molecule has 288 valence electrons. The molecule has 0 bridgehead atoms. The minimum absolute atomic E-state index is 0.101. The van der Waals surface area contributed by atoms with Crippen molar-refractivity contribution >= 4 is 27.6 Å². The minimum atomic E-state index is -0.725. The molecule has 11 heteroatoms. The molecule has 0 saturated carbocycles. The van der Waals surface area contributed by atoms with Gasteiger partial charge < -0.3 is 31.6 Å². The van der Waals surface area contributed by atoms with Gasteiger partial charge in [-0.1, -0.05) is 24.3 Å². The summed E-state index contributed by atoms with van der Waals surface area (Å²) in [7, 11) is 0. The van der Waals surface area contributed by atoms with Crippen LogP contribution in [0.2, 0.25) is 0 Å². The summed E-state index contributed by atoms with van der Waals surface area (Å²) >= 11 is 0. The number of aromatic hydroxyl groups is 2. The smallest absolute Gasteiger partial charge is 0.175 e. The van der Waals surface area contributed by atoms with Gasteiger partial charge in [-0.15, -0.1) is 0 Å². The fourth-order valence-electron chi connectivity index (χ4n) is 8.91. The van der Waals surface area contributed by atoms with Gasteiger partial charge in [0, 0.05) is 105 Å². The summed E-state index contributed by atoms with van der Waals surface area (Å²) in [6, 6.07) is 29.7. The normalized spacial score (nSPS) is 17.1. The Balaban J connectivity index is 0.966. The van der Waals surface area contributed by atoms with E-state index in [1.165, 1.54) is 0 Å². The second-order valence-electron chi connectivity index (χ2n) is 15.5. The molecule has 11 nitrogen and oxygen atoms in total. The molecule has 8 aromatic rings. The quantitative estimate of drug-likeness (QED) is 0.0710. The molecule has 0 saturated heterocycles. The maximum absolute atomic E-state index is 14.9. The van der Waals surface area contributed by atoms with Crippen LogP contribution in [0.25, 0.3) is 44.3 Å². The third kappa shape index (κ3) is 6.30. The van der Waals surface area contributed by atoms with E-state index in [2.05, 4.69) is 54.8 Å². The van der Waals surface area contributed by atoms with E-state index >= 15 is 0 Å². The Morgan fingerprint density at radius 1 is 0.638 bits per heavy atom. The number of carbonyl (C=O) groups excluding carboxylic acids is 1. The number of aromatic nitrogens is 4. The van der Waals surface area contributed by atoms with Gasteiger partial charge in [-0.25, -0.2) is 0 Å². The number of carbonyl (C=O) groups is 1. The number of benzene rings is 4. The average Bonchev–Trinajstić information content (AvgIpc) is 4.06. The van der Waals surface area contributed by atoms with Crippen LogP contribution in [-0.4, -0.2) is 35.9 Å². The van der Waals surface area contributed by atoms with Crippen LogP contribution in [0.15, 0.2) is 122 Å². The predicted molar refractivity (Wildman–Crippen MR) is 225 cm³/mol. The number of rotatable bonds is 10. The van der Waals surface area contributed by atoms with Gasteiger partial charge in [-0.2, -0.15) is 0 Å². The first-order chi connectivity index (χ1) is 28.3. The van der Waals surface area contributed by atoms with E-state index in [0.29, 0.717) is 37.1 Å². The topological polar surface area (TPSA) is 191 Å². The standard InChI is InChI=1S/C47H42N8O3/c48-35(15-25-3-1-13-50-21-25)27-5-9-37-29(17-27)19-39(54-37)31-7-11-41(56)33-23-52-45(43(31)33)47(58)46-44-32(8-12-42(57)34(44)24-53-46)40-20-30-18-28(6-10-38(30)55-40)36(49)16-26-4-2-14-51-22-26/h1-14,17-22,35-36,45-46,52-57H,15-16,23-24,48-49H2. The van der Waals surface area contributed by atoms with Crippen molar-refractivity contribution in [3.63, 3.8) is 0 Å². The van der Waals surface area contributed by atoms with Crippen molar-refractivity contribution in [3.8, 4) is 34.0 Å². The van der Waals surface area contributed by atoms with Gasteiger partial charge >= 0.3 is 0 Å². The highest BCUT2D eigenvalue weighted by Crippen LogP contribution is 2.46. The summed E-state index contributed by atoms with van der Waals surface area (Å²) in [5.74, 6) is 0.171. The van der Waals surface area contributed by atoms with Gasteiger partial charge in [-0.05, 0) is 119 Å². The van der Waals surface area contributed by atoms with Crippen molar-refractivity contribution < 1.29 is 15.0 Å². The Hall–Kier alpha value is -6.63. The monoisotopic (exact) mass is 766 g/mol. The van der Waals surface area contributed by atoms with Crippen molar-refractivity contribution in [1.29, 1.82) is 0 Å². The lowest BCUT2D eigenvalue weighted by molar-refractivity contribution is -0.123. The number of H-pyrrole nitrogens is 2. The van der Waals surface area contributed by atoms with Crippen molar-refractivity contribution in [2.45, 2.75) is 50.1 Å². The molecule has 4 atom stereocenters. The number of fused-ring (bicyclic) bond motifs is 4. The van der Waals surface area contributed by atoms with Gasteiger partial charge in [0.25, 0.3) is 0 Å². The van der Waals surface area contributed by atoms with Crippen molar-refractivity contribution in [3.05, 3.63) is 166 Å². The molecule has 6 heterocycles. The average molecular weight is 767 g/mol. The van der Waals surface area contributed by atoms with Crippen LogP contribution >= 0.6 is 0 Å². The van der Waals surface area contributed by atoms with Gasteiger partial charge in [0.1, 0.15) is 11.5 Å². The zero-order valence-corrected chi connectivity index (χ0v) is 31.5. The molecule has 0 radical (unpaired) electrons. The second kappa shape index (κ2) is 14.4. The van der Waals surface area contributed by atoms with Crippen molar-refractivity contribution in [1.82, 2.24) is 30.6 Å². The van der Waals surface area contributed by atoms with E-state index in [4.69, 9.17) is 11.5 Å². The summed E-state index contributed by atoms with van der Waals surface area (Å²) in [4.78, 5) is 30.5. The van der Waals surface area contributed by atoms with Crippen LogP contribution in [0.5, 0.6) is 11.5 Å². The number of nitrogens with two attached hydrogens (primary N) is 2. The Labute approximate surface area is 334 Å².